The number of carbonyl (C=O) groups excluding carboxylic acids is 1. The molecule has 1 aromatic rings. The van der Waals surface area contributed by atoms with Crippen LogP contribution >= 0.6 is 0 Å². The number of allylic oxidation sites excluding steroid dienone is 3. The van der Waals surface area contributed by atoms with Gasteiger partial charge in [0, 0.05) is 18.0 Å². The van der Waals surface area contributed by atoms with Crippen molar-refractivity contribution in [2.45, 2.75) is 59.8 Å². The van der Waals surface area contributed by atoms with Crippen LogP contribution in [0.5, 0.6) is 11.5 Å². The Morgan fingerprint density at radius 2 is 1.97 bits per heavy atom. The van der Waals surface area contributed by atoms with Crippen LogP contribution < -0.4 is 9.47 Å². The highest BCUT2D eigenvalue weighted by molar-refractivity contribution is 6.02. The van der Waals surface area contributed by atoms with Gasteiger partial charge >= 0.3 is 0 Å². The Kier molecular flexibility index (Phi) is 9.18. The lowest BCUT2D eigenvalue weighted by molar-refractivity contribution is 0.0899. The van der Waals surface area contributed by atoms with Crippen molar-refractivity contribution < 1.29 is 14.3 Å². The summed E-state index contributed by atoms with van der Waals surface area (Å²) >= 11 is 0. The van der Waals surface area contributed by atoms with E-state index in [1.807, 2.05) is 18.2 Å². The minimum Gasteiger partial charge on any atom is -0.493 e. The highest BCUT2D eigenvalue weighted by Gasteiger charge is 2.34. The second kappa shape index (κ2) is 11.9. The van der Waals surface area contributed by atoms with Crippen LogP contribution in [0.4, 0.5) is 0 Å². The Morgan fingerprint density at radius 3 is 2.59 bits per heavy atom. The minimum absolute atomic E-state index is 0.0813. The lowest BCUT2D eigenvalue weighted by Gasteiger charge is -2.33. The van der Waals surface area contributed by atoms with E-state index in [1.165, 1.54) is 5.57 Å². The summed E-state index contributed by atoms with van der Waals surface area (Å²) in [4.78, 5) is 15.8. The number of hydrogen-bond acceptors (Lipinski definition) is 4. The number of carbonyl (C=O) groups is 1. The Hall–Kier alpha value is -2.33. The second-order valence-corrected chi connectivity index (χ2v) is 10.7. The molecule has 0 aromatic heterocycles. The van der Waals surface area contributed by atoms with Crippen LogP contribution in [-0.2, 0) is 6.42 Å². The predicted molar refractivity (Wildman–Crippen MR) is 141 cm³/mol. The number of Topliss-reactive ketones (excluding diaryl/α,β-unsaturated/α-hetero) is 1. The number of ether oxygens (including phenoxy) is 2. The highest BCUT2D eigenvalue weighted by atomic mass is 16.5. The van der Waals surface area contributed by atoms with E-state index in [2.05, 4.69) is 57.4 Å². The van der Waals surface area contributed by atoms with Gasteiger partial charge in [-0.2, -0.15) is 0 Å². The van der Waals surface area contributed by atoms with Gasteiger partial charge in [0.1, 0.15) is 0 Å². The third kappa shape index (κ3) is 6.63. The molecule has 1 unspecified atom stereocenters. The largest absolute Gasteiger partial charge is 0.493 e. The molecule has 186 valence electrons. The van der Waals surface area contributed by atoms with Gasteiger partial charge in [-0.3, -0.25) is 9.69 Å². The summed E-state index contributed by atoms with van der Waals surface area (Å²) in [7, 11) is 1.67. The Labute approximate surface area is 206 Å². The molecule has 1 fully saturated rings. The van der Waals surface area contributed by atoms with Crippen molar-refractivity contribution in [1.29, 1.82) is 0 Å². The van der Waals surface area contributed by atoms with Crippen molar-refractivity contribution >= 4 is 5.78 Å². The number of hydrogen-bond donors (Lipinski definition) is 0. The average Bonchev–Trinajstić information content (AvgIpc) is 3.12. The first-order valence-corrected chi connectivity index (χ1v) is 12.8. The molecule has 4 heteroatoms. The normalized spacial score (nSPS) is 20.1. The predicted octanol–water partition coefficient (Wildman–Crippen LogP) is 6.66. The molecule has 3 rings (SSSR count). The molecule has 4 nitrogen and oxygen atoms in total. The monoisotopic (exact) mass is 465 g/mol. The van der Waals surface area contributed by atoms with Crippen molar-refractivity contribution in [2.75, 3.05) is 33.4 Å². The SMILES string of the molecule is C=C/C=C(\C=C/C)CN1CCC(CC2Cc3cc(OC)c(OCC(C)(C)CC)cc3C2=O)CC1. The lowest BCUT2D eigenvalue weighted by Crippen LogP contribution is -2.35. The Bertz CT molecular complexity index is 919. The molecule has 1 atom stereocenters. The topological polar surface area (TPSA) is 38.8 Å². The third-order valence-corrected chi connectivity index (χ3v) is 7.51. The van der Waals surface area contributed by atoms with Gasteiger partial charge in [0.2, 0.25) is 0 Å². The molecule has 1 aliphatic carbocycles. The third-order valence-electron chi connectivity index (χ3n) is 7.51. The van der Waals surface area contributed by atoms with E-state index in [-0.39, 0.29) is 17.1 Å². The van der Waals surface area contributed by atoms with E-state index in [4.69, 9.17) is 9.47 Å². The van der Waals surface area contributed by atoms with Gasteiger partial charge in [-0.1, -0.05) is 51.7 Å². The molecule has 34 heavy (non-hydrogen) atoms. The summed E-state index contributed by atoms with van der Waals surface area (Å²) in [6.07, 6.45) is 13.3. The van der Waals surface area contributed by atoms with Gasteiger partial charge in [-0.15, -0.1) is 0 Å². The fraction of sp³-hybridized carbons (Fsp3) is 0.567. The molecule has 0 spiro atoms. The number of rotatable bonds is 11. The van der Waals surface area contributed by atoms with Crippen LogP contribution in [0.1, 0.15) is 69.3 Å². The zero-order valence-corrected chi connectivity index (χ0v) is 21.9. The van der Waals surface area contributed by atoms with Crippen LogP contribution in [0.2, 0.25) is 0 Å². The zero-order chi connectivity index (χ0) is 24.7. The maximum absolute atomic E-state index is 13.3. The molecule has 0 bridgehead atoms. The van der Waals surface area contributed by atoms with Crippen LogP contribution in [0.25, 0.3) is 0 Å². The number of likely N-dealkylation sites (tertiary alicyclic amines) is 1. The molecule has 1 heterocycles. The smallest absolute Gasteiger partial charge is 0.166 e. The Balaban J connectivity index is 1.59. The van der Waals surface area contributed by atoms with Crippen molar-refractivity contribution in [2.24, 2.45) is 17.3 Å². The first-order chi connectivity index (χ1) is 16.3. The number of nitrogens with zero attached hydrogens (tertiary/aromatic N) is 1. The maximum Gasteiger partial charge on any atom is 0.166 e. The van der Waals surface area contributed by atoms with Gasteiger partial charge in [0.05, 0.1) is 13.7 Å². The molecular formula is C30H43NO3. The summed E-state index contributed by atoms with van der Waals surface area (Å²) in [5.74, 6) is 2.39. The number of fused-ring (bicyclic) bond motifs is 1. The van der Waals surface area contributed by atoms with E-state index < -0.39 is 0 Å². The maximum atomic E-state index is 13.3. The molecule has 1 aromatic carbocycles. The summed E-state index contributed by atoms with van der Waals surface area (Å²) in [6, 6.07) is 3.96. The second-order valence-electron chi connectivity index (χ2n) is 10.7. The quantitative estimate of drug-likeness (QED) is 0.343. The van der Waals surface area contributed by atoms with Crippen LogP contribution in [0, 0.1) is 17.3 Å². The average molecular weight is 466 g/mol. The van der Waals surface area contributed by atoms with Gasteiger partial charge in [0.25, 0.3) is 0 Å². The van der Waals surface area contributed by atoms with E-state index in [0.29, 0.717) is 18.3 Å². The zero-order valence-electron chi connectivity index (χ0n) is 21.9. The van der Waals surface area contributed by atoms with E-state index in [9.17, 15) is 4.79 Å². The number of methoxy groups -OCH3 is 1. The standard InChI is InChI=1S/C30H43NO3/c1-7-10-23(11-8-2)20-31-14-12-22(13-15-31)16-25-17-24-18-27(33-6)28(19-26(24)29(25)32)34-21-30(4,5)9-3/h7-8,10-11,18-19,22,25H,1,9,12-17,20-21H2,2-6H3/b11-8-,23-10+. The van der Waals surface area contributed by atoms with Crippen LogP contribution in [0.3, 0.4) is 0 Å². The Morgan fingerprint density at radius 1 is 1.24 bits per heavy atom. The molecule has 0 amide bonds. The number of benzene rings is 1. The van der Waals surface area contributed by atoms with Gasteiger partial charge in [-0.05, 0) is 86.7 Å². The van der Waals surface area contributed by atoms with Crippen molar-refractivity contribution in [3.8, 4) is 11.5 Å². The van der Waals surface area contributed by atoms with Crippen molar-refractivity contribution in [3.63, 3.8) is 0 Å². The van der Waals surface area contributed by atoms with E-state index in [1.54, 1.807) is 7.11 Å². The summed E-state index contributed by atoms with van der Waals surface area (Å²) < 4.78 is 11.7. The first-order valence-electron chi connectivity index (χ1n) is 12.8. The molecule has 0 radical (unpaired) electrons. The summed E-state index contributed by atoms with van der Waals surface area (Å²) in [5, 5.41) is 0. The number of piperidine rings is 1. The fourth-order valence-corrected chi connectivity index (χ4v) is 4.98. The minimum atomic E-state index is 0.0813. The van der Waals surface area contributed by atoms with Crippen molar-refractivity contribution in [3.05, 3.63) is 59.7 Å². The number of ketones is 1. The molecule has 1 saturated heterocycles. The highest BCUT2D eigenvalue weighted by Crippen LogP contribution is 2.40. The van der Waals surface area contributed by atoms with Crippen LogP contribution in [-0.4, -0.2) is 44.0 Å². The fourth-order valence-electron chi connectivity index (χ4n) is 4.98. The van der Waals surface area contributed by atoms with Crippen molar-refractivity contribution in [1.82, 2.24) is 4.90 Å². The van der Waals surface area contributed by atoms with Gasteiger partial charge in [0.15, 0.2) is 17.3 Å². The lowest BCUT2D eigenvalue weighted by atomic mass is 9.85. The van der Waals surface area contributed by atoms with Gasteiger partial charge < -0.3 is 9.47 Å². The van der Waals surface area contributed by atoms with Crippen LogP contribution in [0.15, 0.2) is 48.6 Å². The first kappa shape index (κ1) is 26.3. The molecule has 0 saturated carbocycles. The molecule has 0 N–H and O–H groups in total. The van der Waals surface area contributed by atoms with E-state index >= 15 is 0 Å². The summed E-state index contributed by atoms with van der Waals surface area (Å²) in [5.41, 5.74) is 3.32. The molecular weight excluding hydrogens is 422 g/mol. The summed E-state index contributed by atoms with van der Waals surface area (Å²) in [6.45, 7) is 16.2. The van der Waals surface area contributed by atoms with Gasteiger partial charge in [-0.25, -0.2) is 0 Å². The molecule has 1 aliphatic heterocycles. The molecule has 2 aliphatic rings. The van der Waals surface area contributed by atoms with E-state index in [0.717, 1.165) is 68.6 Å².